The molecule has 0 atom stereocenters. The van der Waals surface area contributed by atoms with Crippen LogP contribution in [0.2, 0.25) is 0 Å². The first kappa shape index (κ1) is 17.6. The zero-order valence-corrected chi connectivity index (χ0v) is 15.2. The predicted octanol–water partition coefficient (Wildman–Crippen LogP) is 1.55. The Morgan fingerprint density at radius 1 is 1.19 bits per heavy atom. The summed E-state index contributed by atoms with van der Waals surface area (Å²) in [6.07, 6.45) is 2.88. The molecule has 140 valence electrons. The summed E-state index contributed by atoms with van der Waals surface area (Å²) in [7, 11) is 0. The number of nitrogens with zero attached hydrogens (tertiary/aromatic N) is 1. The molecule has 6 heteroatoms. The van der Waals surface area contributed by atoms with Gasteiger partial charge in [-0.05, 0) is 45.0 Å². The Morgan fingerprint density at radius 3 is 2.73 bits per heavy atom. The molecule has 1 amide bonds. The van der Waals surface area contributed by atoms with Crippen LogP contribution in [0, 0.1) is 0 Å². The van der Waals surface area contributed by atoms with Gasteiger partial charge in [-0.2, -0.15) is 0 Å². The van der Waals surface area contributed by atoms with Gasteiger partial charge in [0.15, 0.2) is 5.78 Å². The van der Waals surface area contributed by atoms with Crippen molar-refractivity contribution in [1.82, 2.24) is 10.2 Å². The molecule has 6 nitrogen and oxygen atoms in total. The number of nitrogens with one attached hydrogen (secondary N) is 2. The summed E-state index contributed by atoms with van der Waals surface area (Å²) in [4.78, 5) is 28.1. The smallest absolute Gasteiger partial charge is 0.235 e. The highest BCUT2D eigenvalue weighted by Crippen LogP contribution is 2.45. The first-order valence-electron chi connectivity index (χ1n) is 9.70. The van der Waals surface area contributed by atoms with Gasteiger partial charge >= 0.3 is 0 Å². The molecule has 2 saturated heterocycles. The lowest BCUT2D eigenvalue weighted by Crippen LogP contribution is -2.45. The lowest BCUT2D eigenvalue weighted by atomic mass is 9.72. The van der Waals surface area contributed by atoms with E-state index in [1.165, 1.54) is 0 Å². The van der Waals surface area contributed by atoms with Crippen molar-refractivity contribution in [2.75, 3.05) is 51.3 Å². The maximum absolute atomic E-state index is 13.0. The summed E-state index contributed by atoms with van der Waals surface area (Å²) in [5.41, 5.74) is 1.99. The number of hydrogen-bond acceptors (Lipinski definition) is 5. The number of ketones is 1. The number of carbonyl (C=O) groups is 2. The molecule has 1 aromatic carbocycles. The van der Waals surface area contributed by atoms with Crippen molar-refractivity contribution in [3.63, 3.8) is 0 Å². The number of Topliss-reactive ketones (excluding diaryl/α,β-unsaturated/α-hetero) is 1. The Kier molecular flexibility index (Phi) is 5.07. The van der Waals surface area contributed by atoms with E-state index in [4.69, 9.17) is 4.74 Å². The second kappa shape index (κ2) is 7.47. The maximum Gasteiger partial charge on any atom is 0.235 e. The van der Waals surface area contributed by atoms with Gasteiger partial charge in [0.05, 0.1) is 18.6 Å². The molecule has 0 aliphatic carbocycles. The topological polar surface area (TPSA) is 70.7 Å². The Balaban J connectivity index is 1.50. The van der Waals surface area contributed by atoms with Crippen molar-refractivity contribution in [2.24, 2.45) is 0 Å². The van der Waals surface area contributed by atoms with Gasteiger partial charge < -0.3 is 15.4 Å². The standard InChI is InChI=1S/C20H27N3O3/c24-17(5-2-10-23-11-13-26-14-12-23)15-3-1-4-16-18(15)20(19(25)22-16)6-8-21-9-7-20/h1,3-4,21H,2,5-14H2,(H,22,25). The summed E-state index contributed by atoms with van der Waals surface area (Å²) in [5, 5.41) is 6.35. The highest BCUT2D eigenvalue weighted by Gasteiger charge is 2.49. The Bertz CT molecular complexity index is 692. The van der Waals surface area contributed by atoms with Crippen LogP contribution in [0.5, 0.6) is 0 Å². The number of benzene rings is 1. The summed E-state index contributed by atoms with van der Waals surface area (Å²) >= 11 is 0. The van der Waals surface area contributed by atoms with Crippen LogP contribution in [0.3, 0.4) is 0 Å². The molecular weight excluding hydrogens is 330 g/mol. The third kappa shape index (κ3) is 3.17. The maximum atomic E-state index is 13.0. The van der Waals surface area contributed by atoms with Gasteiger partial charge in [-0.1, -0.05) is 12.1 Å². The monoisotopic (exact) mass is 357 g/mol. The number of fused-ring (bicyclic) bond motifs is 2. The van der Waals surface area contributed by atoms with Gasteiger partial charge in [0, 0.05) is 36.3 Å². The fraction of sp³-hybridized carbons (Fsp3) is 0.600. The molecule has 1 aromatic rings. The molecule has 3 aliphatic heterocycles. The van der Waals surface area contributed by atoms with Crippen molar-refractivity contribution in [3.05, 3.63) is 29.3 Å². The van der Waals surface area contributed by atoms with Crippen LogP contribution in [0.15, 0.2) is 18.2 Å². The largest absolute Gasteiger partial charge is 0.379 e. The van der Waals surface area contributed by atoms with E-state index < -0.39 is 5.41 Å². The Morgan fingerprint density at radius 2 is 1.96 bits per heavy atom. The van der Waals surface area contributed by atoms with E-state index in [-0.39, 0.29) is 11.7 Å². The summed E-state index contributed by atoms with van der Waals surface area (Å²) in [6, 6.07) is 5.71. The van der Waals surface area contributed by atoms with Crippen LogP contribution in [-0.4, -0.2) is 62.5 Å². The second-order valence-corrected chi connectivity index (χ2v) is 7.50. The summed E-state index contributed by atoms with van der Waals surface area (Å²) in [6.45, 7) is 6.01. The van der Waals surface area contributed by atoms with Crippen LogP contribution in [0.25, 0.3) is 0 Å². The molecular formula is C20H27N3O3. The van der Waals surface area contributed by atoms with Crippen LogP contribution >= 0.6 is 0 Å². The minimum absolute atomic E-state index is 0.0579. The number of hydrogen-bond donors (Lipinski definition) is 2. The van der Waals surface area contributed by atoms with Gasteiger partial charge in [-0.3, -0.25) is 14.5 Å². The predicted molar refractivity (Wildman–Crippen MR) is 99.7 cm³/mol. The van der Waals surface area contributed by atoms with E-state index >= 15 is 0 Å². The Hall–Kier alpha value is -1.76. The number of piperidine rings is 1. The van der Waals surface area contributed by atoms with E-state index in [9.17, 15) is 9.59 Å². The molecule has 4 rings (SSSR count). The third-order valence-corrected chi connectivity index (χ3v) is 5.97. The molecule has 26 heavy (non-hydrogen) atoms. The van der Waals surface area contributed by atoms with Gasteiger partial charge in [0.2, 0.25) is 5.91 Å². The fourth-order valence-electron chi connectivity index (χ4n) is 4.51. The average molecular weight is 357 g/mol. The van der Waals surface area contributed by atoms with Gasteiger partial charge in [-0.25, -0.2) is 0 Å². The quantitative estimate of drug-likeness (QED) is 0.783. The zero-order chi connectivity index (χ0) is 18.0. The first-order valence-corrected chi connectivity index (χ1v) is 9.70. The lowest BCUT2D eigenvalue weighted by Gasteiger charge is -2.33. The molecule has 3 aliphatic rings. The molecule has 0 aromatic heterocycles. The molecule has 3 heterocycles. The molecule has 1 spiro atoms. The highest BCUT2D eigenvalue weighted by molar-refractivity contribution is 6.11. The SMILES string of the molecule is O=C(CCCN1CCOCC1)c1cccc2c1C1(CCNCC1)C(=O)N2. The average Bonchev–Trinajstić information content (AvgIpc) is 2.94. The number of anilines is 1. The van der Waals surface area contributed by atoms with Crippen molar-refractivity contribution in [1.29, 1.82) is 0 Å². The molecule has 2 N–H and O–H groups in total. The molecule has 0 saturated carbocycles. The zero-order valence-electron chi connectivity index (χ0n) is 15.2. The van der Waals surface area contributed by atoms with E-state index in [0.29, 0.717) is 6.42 Å². The number of rotatable bonds is 5. The van der Waals surface area contributed by atoms with Crippen molar-refractivity contribution >= 4 is 17.4 Å². The fourth-order valence-corrected chi connectivity index (χ4v) is 4.51. The van der Waals surface area contributed by atoms with Crippen LogP contribution < -0.4 is 10.6 Å². The van der Waals surface area contributed by atoms with E-state index in [1.54, 1.807) is 0 Å². The van der Waals surface area contributed by atoms with Crippen LogP contribution in [0.4, 0.5) is 5.69 Å². The van der Waals surface area contributed by atoms with Gasteiger partial charge in [-0.15, -0.1) is 0 Å². The highest BCUT2D eigenvalue weighted by atomic mass is 16.5. The number of ether oxygens (including phenoxy) is 1. The van der Waals surface area contributed by atoms with Crippen LogP contribution in [-0.2, 0) is 14.9 Å². The lowest BCUT2D eigenvalue weighted by molar-refractivity contribution is -0.121. The van der Waals surface area contributed by atoms with Crippen molar-refractivity contribution in [2.45, 2.75) is 31.1 Å². The normalized spacial score (nSPS) is 22.2. The number of amides is 1. The van der Waals surface area contributed by atoms with E-state index in [2.05, 4.69) is 15.5 Å². The van der Waals surface area contributed by atoms with E-state index in [1.807, 2.05) is 18.2 Å². The molecule has 0 bridgehead atoms. The second-order valence-electron chi connectivity index (χ2n) is 7.50. The number of carbonyl (C=O) groups excluding carboxylic acids is 2. The molecule has 0 unspecified atom stereocenters. The number of morpholine rings is 1. The van der Waals surface area contributed by atoms with Gasteiger partial charge in [0.25, 0.3) is 0 Å². The summed E-state index contributed by atoms with van der Waals surface area (Å²) < 4.78 is 5.37. The Labute approximate surface area is 154 Å². The molecule has 0 radical (unpaired) electrons. The minimum Gasteiger partial charge on any atom is -0.379 e. The van der Waals surface area contributed by atoms with Crippen LogP contribution in [0.1, 0.15) is 41.6 Å². The van der Waals surface area contributed by atoms with Crippen molar-refractivity contribution < 1.29 is 14.3 Å². The van der Waals surface area contributed by atoms with Crippen molar-refractivity contribution in [3.8, 4) is 0 Å². The first-order chi connectivity index (χ1) is 12.7. The van der Waals surface area contributed by atoms with E-state index in [0.717, 1.165) is 82.0 Å². The van der Waals surface area contributed by atoms with Gasteiger partial charge in [0.1, 0.15) is 0 Å². The third-order valence-electron chi connectivity index (χ3n) is 5.97. The minimum atomic E-state index is -0.531. The summed E-state index contributed by atoms with van der Waals surface area (Å²) in [5.74, 6) is 0.215. The molecule has 2 fully saturated rings.